The first kappa shape index (κ1) is 20.0. The first-order valence-corrected chi connectivity index (χ1v) is 10.7. The predicted octanol–water partition coefficient (Wildman–Crippen LogP) is 7.17. The molecule has 4 aromatic carbocycles. The Morgan fingerprint density at radius 1 is 0.562 bits per heavy atom. The lowest BCUT2D eigenvalue weighted by atomic mass is 9.83. The van der Waals surface area contributed by atoms with Crippen LogP contribution >= 0.6 is 0 Å². The number of methoxy groups -OCH3 is 1. The van der Waals surface area contributed by atoms with Crippen LogP contribution in [0, 0.1) is 0 Å². The van der Waals surface area contributed by atoms with Gasteiger partial charge in [0.2, 0.25) is 0 Å². The van der Waals surface area contributed by atoms with Crippen LogP contribution in [0.3, 0.4) is 0 Å². The molecule has 1 aliphatic rings. The van der Waals surface area contributed by atoms with Crippen molar-refractivity contribution < 1.29 is 9.47 Å². The minimum Gasteiger partial charge on any atom is -0.453 e. The Labute approximate surface area is 189 Å². The molecular weight excluding hydrogens is 392 g/mol. The van der Waals surface area contributed by atoms with Gasteiger partial charge in [0.25, 0.3) is 5.79 Å². The molecule has 0 spiro atoms. The van der Waals surface area contributed by atoms with Crippen molar-refractivity contribution in [1.29, 1.82) is 0 Å². The number of rotatable bonds is 5. The normalized spacial score (nSPS) is 18.1. The van der Waals surface area contributed by atoms with Crippen molar-refractivity contribution in [2.45, 2.75) is 5.79 Å². The van der Waals surface area contributed by atoms with Gasteiger partial charge in [0, 0.05) is 23.8 Å². The second-order valence-corrected chi connectivity index (χ2v) is 7.68. The van der Waals surface area contributed by atoms with E-state index in [-0.39, 0.29) is 0 Å². The molecule has 5 rings (SSSR count). The summed E-state index contributed by atoms with van der Waals surface area (Å²) >= 11 is 0. The lowest BCUT2D eigenvalue weighted by Crippen LogP contribution is -2.35. The van der Waals surface area contributed by atoms with Gasteiger partial charge in [0.15, 0.2) is 0 Å². The van der Waals surface area contributed by atoms with E-state index in [0.29, 0.717) is 0 Å². The van der Waals surface area contributed by atoms with Gasteiger partial charge in [-0.2, -0.15) is 0 Å². The Hall–Kier alpha value is -3.88. The van der Waals surface area contributed by atoms with Crippen LogP contribution in [0.15, 0.2) is 127 Å². The van der Waals surface area contributed by atoms with E-state index in [1.165, 1.54) is 0 Å². The van der Waals surface area contributed by atoms with Crippen LogP contribution in [0.4, 0.5) is 0 Å². The van der Waals surface area contributed by atoms with Crippen molar-refractivity contribution >= 4 is 16.9 Å². The third-order valence-corrected chi connectivity index (χ3v) is 5.77. The molecule has 0 aromatic heterocycles. The smallest absolute Gasteiger partial charge is 0.265 e. The first-order valence-electron chi connectivity index (χ1n) is 10.7. The number of allylic oxidation sites excluding steroid dienone is 2. The van der Waals surface area contributed by atoms with Crippen LogP contribution < -0.4 is 0 Å². The Morgan fingerprint density at radius 2 is 1.03 bits per heavy atom. The number of benzene rings is 4. The highest BCUT2D eigenvalue weighted by Gasteiger charge is 2.45. The van der Waals surface area contributed by atoms with Crippen molar-refractivity contribution in [1.82, 2.24) is 0 Å². The summed E-state index contributed by atoms with van der Waals surface area (Å²) in [6.07, 6.45) is 2.13. The highest BCUT2D eigenvalue weighted by atomic mass is 16.7. The minimum absolute atomic E-state index is 0.773. The maximum Gasteiger partial charge on any atom is 0.265 e. The van der Waals surface area contributed by atoms with E-state index in [1.54, 1.807) is 7.11 Å². The molecule has 4 aromatic rings. The Balaban J connectivity index is 1.87. The standard InChI is InChI=1S/C30H24O2/c1-31-30(26-20-12-5-13-21-26)29(25-18-10-4-11-19-25)27(23-14-6-2-7-15-23)22-28(32-30)24-16-8-3-9-17-24/h2-22H,1H3. The number of hydrogen-bond donors (Lipinski definition) is 0. The van der Waals surface area contributed by atoms with Gasteiger partial charge in [0.1, 0.15) is 5.76 Å². The van der Waals surface area contributed by atoms with Crippen molar-refractivity contribution in [3.63, 3.8) is 0 Å². The molecule has 32 heavy (non-hydrogen) atoms. The van der Waals surface area contributed by atoms with Crippen LogP contribution in [0.1, 0.15) is 22.3 Å². The molecule has 0 bridgehead atoms. The number of hydrogen-bond acceptors (Lipinski definition) is 2. The van der Waals surface area contributed by atoms with Crippen LogP contribution in [0.5, 0.6) is 0 Å². The maximum absolute atomic E-state index is 6.80. The molecule has 1 atom stereocenters. The van der Waals surface area contributed by atoms with E-state index in [4.69, 9.17) is 9.47 Å². The summed E-state index contributed by atoms with van der Waals surface area (Å²) in [5.74, 6) is -0.330. The van der Waals surface area contributed by atoms with Crippen molar-refractivity contribution in [2.75, 3.05) is 7.11 Å². The molecule has 1 heterocycles. The fourth-order valence-electron chi connectivity index (χ4n) is 4.28. The van der Waals surface area contributed by atoms with Crippen LogP contribution in [0.25, 0.3) is 16.9 Å². The molecule has 0 saturated carbocycles. The summed E-state index contributed by atoms with van der Waals surface area (Å²) in [4.78, 5) is 0. The highest BCUT2D eigenvalue weighted by Crippen LogP contribution is 2.51. The van der Waals surface area contributed by atoms with Gasteiger partial charge < -0.3 is 9.47 Å². The predicted molar refractivity (Wildman–Crippen MR) is 130 cm³/mol. The fraction of sp³-hybridized carbons (Fsp3) is 0.0667. The second kappa shape index (κ2) is 8.70. The lowest BCUT2D eigenvalue weighted by Gasteiger charge is -2.40. The molecule has 0 aliphatic carbocycles. The maximum atomic E-state index is 6.80. The summed E-state index contributed by atoms with van der Waals surface area (Å²) in [6.45, 7) is 0. The summed E-state index contributed by atoms with van der Waals surface area (Å²) in [6, 6.07) is 41.1. The average Bonchev–Trinajstić information content (AvgIpc) is 2.90. The SMILES string of the molecule is COC1(c2ccccc2)OC(c2ccccc2)=CC(c2ccccc2)=C1c1ccccc1. The van der Waals surface area contributed by atoms with E-state index in [1.807, 2.05) is 60.7 Å². The van der Waals surface area contributed by atoms with E-state index in [0.717, 1.165) is 39.2 Å². The van der Waals surface area contributed by atoms with Gasteiger partial charge in [-0.3, -0.25) is 0 Å². The van der Waals surface area contributed by atoms with Gasteiger partial charge in [0.05, 0.1) is 0 Å². The van der Waals surface area contributed by atoms with Crippen LogP contribution in [0.2, 0.25) is 0 Å². The summed E-state index contributed by atoms with van der Waals surface area (Å²) in [5.41, 5.74) is 6.17. The average molecular weight is 417 g/mol. The van der Waals surface area contributed by atoms with E-state index in [9.17, 15) is 0 Å². The monoisotopic (exact) mass is 416 g/mol. The van der Waals surface area contributed by atoms with Crippen molar-refractivity contribution in [3.8, 4) is 0 Å². The van der Waals surface area contributed by atoms with Gasteiger partial charge >= 0.3 is 0 Å². The zero-order valence-corrected chi connectivity index (χ0v) is 17.9. The van der Waals surface area contributed by atoms with Crippen molar-refractivity contribution in [2.24, 2.45) is 0 Å². The zero-order chi connectivity index (χ0) is 21.8. The third kappa shape index (κ3) is 3.55. The molecule has 1 unspecified atom stereocenters. The van der Waals surface area contributed by atoms with Gasteiger partial charge in [-0.15, -0.1) is 0 Å². The largest absolute Gasteiger partial charge is 0.453 e. The molecule has 0 fully saturated rings. The molecule has 2 nitrogen and oxygen atoms in total. The molecule has 2 heteroatoms. The highest BCUT2D eigenvalue weighted by molar-refractivity contribution is 6.02. The molecule has 0 saturated heterocycles. The van der Waals surface area contributed by atoms with Crippen LogP contribution in [-0.4, -0.2) is 7.11 Å². The van der Waals surface area contributed by atoms with Crippen molar-refractivity contribution in [3.05, 3.63) is 150 Å². The van der Waals surface area contributed by atoms with Gasteiger partial charge in [-0.25, -0.2) is 0 Å². The summed E-state index contributed by atoms with van der Waals surface area (Å²) in [7, 11) is 1.71. The Bertz CT molecular complexity index is 1240. The second-order valence-electron chi connectivity index (χ2n) is 7.68. The summed E-state index contributed by atoms with van der Waals surface area (Å²) in [5, 5.41) is 0. The molecule has 0 radical (unpaired) electrons. The minimum atomic E-state index is -1.10. The van der Waals surface area contributed by atoms with Gasteiger partial charge in [-0.05, 0) is 22.8 Å². The van der Waals surface area contributed by atoms with E-state index in [2.05, 4.69) is 66.7 Å². The quantitative estimate of drug-likeness (QED) is 0.343. The zero-order valence-electron chi connectivity index (χ0n) is 17.9. The van der Waals surface area contributed by atoms with Crippen LogP contribution in [-0.2, 0) is 15.3 Å². The molecular formula is C30H24O2. The lowest BCUT2D eigenvalue weighted by molar-refractivity contribution is -0.142. The topological polar surface area (TPSA) is 18.5 Å². The van der Waals surface area contributed by atoms with Gasteiger partial charge in [-0.1, -0.05) is 121 Å². The molecule has 0 N–H and O–H groups in total. The first-order chi connectivity index (χ1) is 15.8. The fourth-order valence-corrected chi connectivity index (χ4v) is 4.28. The van der Waals surface area contributed by atoms with E-state index >= 15 is 0 Å². The summed E-state index contributed by atoms with van der Waals surface area (Å²) < 4.78 is 13.1. The third-order valence-electron chi connectivity index (χ3n) is 5.77. The molecule has 156 valence electrons. The molecule has 0 amide bonds. The van der Waals surface area contributed by atoms with E-state index < -0.39 is 5.79 Å². The molecule has 1 aliphatic heterocycles. The number of ether oxygens (including phenoxy) is 2. The Kier molecular flexibility index (Phi) is 5.45. The Morgan fingerprint density at radius 3 is 1.56 bits per heavy atom.